The third-order valence-electron chi connectivity index (χ3n) is 9.21. The molecule has 0 bridgehead atoms. The van der Waals surface area contributed by atoms with Gasteiger partial charge in [0.1, 0.15) is 6.04 Å². The molecule has 1 aliphatic carbocycles. The second kappa shape index (κ2) is 18.4. The fraction of sp³-hybridized carbons (Fsp3) is 0.622. The first-order chi connectivity index (χ1) is 21.5. The number of aliphatic hydroxyl groups excluding tert-OH is 1. The van der Waals surface area contributed by atoms with Crippen LogP contribution in [0.5, 0.6) is 0 Å². The fourth-order valence-electron chi connectivity index (χ4n) is 6.51. The highest BCUT2D eigenvalue weighted by atomic mass is 32.2. The van der Waals surface area contributed by atoms with Gasteiger partial charge in [-0.05, 0) is 68.9 Å². The van der Waals surface area contributed by atoms with Crippen LogP contribution in [0.3, 0.4) is 0 Å². The minimum Gasteiger partial charge on any atom is -0.391 e. The Hall–Kier alpha value is -2.71. The van der Waals surface area contributed by atoms with Crippen LogP contribution in [-0.2, 0) is 32.3 Å². The van der Waals surface area contributed by atoms with E-state index in [1.165, 1.54) is 6.42 Å². The van der Waals surface area contributed by atoms with Gasteiger partial charge in [-0.1, -0.05) is 113 Å². The van der Waals surface area contributed by atoms with E-state index in [0.717, 1.165) is 36.8 Å². The molecule has 0 saturated heterocycles. The van der Waals surface area contributed by atoms with E-state index in [0.29, 0.717) is 38.0 Å². The second-order valence-corrected chi connectivity index (χ2v) is 16.2. The Morgan fingerprint density at radius 2 is 1.40 bits per heavy atom. The minimum absolute atomic E-state index is 0.00452. The maximum Gasteiger partial charge on any atom is 0.242 e. The molecule has 3 N–H and O–H groups in total. The minimum atomic E-state index is -3.25. The topological polar surface area (TPSA) is 113 Å². The highest BCUT2D eigenvalue weighted by Crippen LogP contribution is 2.29. The molecule has 0 aromatic heterocycles. The van der Waals surface area contributed by atoms with Crippen molar-refractivity contribution in [3.8, 4) is 0 Å². The summed E-state index contributed by atoms with van der Waals surface area (Å²) in [6, 6.07) is 18.6. The predicted molar refractivity (Wildman–Crippen MR) is 182 cm³/mol. The summed E-state index contributed by atoms with van der Waals surface area (Å²) in [6.45, 7) is 7.19. The molecule has 45 heavy (non-hydrogen) atoms. The summed E-state index contributed by atoms with van der Waals surface area (Å²) in [7, 11) is -3.25. The van der Waals surface area contributed by atoms with Gasteiger partial charge in [-0.25, -0.2) is 8.42 Å². The quantitative estimate of drug-likeness (QED) is 0.184. The summed E-state index contributed by atoms with van der Waals surface area (Å²) in [5.41, 5.74) is 2.13. The summed E-state index contributed by atoms with van der Waals surface area (Å²) in [5, 5.41) is 17.1. The Bertz CT molecular complexity index is 1220. The lowest BCUT2D eigenvalue weighted by atomic mass is 9.82. The van der Waals surface area contributed by atoms with E-state index in [4.69, 9.17) is 0 Å². The standard InChI is InChI=1S/C37H56N2O5S/c1-5-15-33(38-36(41)32(23-29-16-9-6-10-17-29)24-30-18-11-7-12-19-30)37(42)39-34(25-31-20-13-8-14-21-31)35(40)22-28(4)26-45(43,44)27(2)3/h6-7,9-12,16-19,27-28,31-35,40H,5,8,13-15,20-26H2,1-4H3,(H,38,41)(H,39,42)/t28-,33+,34+,35+/m1/s1. The molecule has 8 heteroatoms. The molecule has 1 fully saturated rings. The summed E-state index contributed by atoms with van der Waals surface area (Å²) in [6.07, 6.45) is 7.97. The maximum atomic E-state index is 13.8. The van der Waals surface area contributed by atoms with Crippen LogP contribution in [0.2, 0.25) is 0 Å². The first-order valence-electron chi connectivity index (χ1n) is 17.1. The van der Waals surface area contributed by atoms with Crippen LogP contribution >= 0.6 is 0 Å². The zero-order valence-corrected chi connectivity index (χ0v) is 28.6. The second-order valence-electron chi connectivity index (χ2n) is 13.6. The summed E-state index contributed by atoms with van der Waals surface area (Å²) in [4.78, 5) is 27.6. The molecule has 0 heterocycles. The van der Waals surface area contributed by atoms with Crippen LogP contribution < -0.4 is 10.6 Å². The Morgan fingerprint density at radius 1 is 0.844 bits per heavy atom. The van der Waals surface area contributed by atoms with E-state index in [1.54, 1.807) is 13.8 Å². The number of aliphatic hydroxyl groups is 1. The number of carbonyl (C=O) groups is 2. The van der Waals surface area contributed by atoms with Crippen LogP contribution in [0.15, 0.2) is 60.7 Å². The van der Waals surface area contributed by atoms with E-state index in [2.05, 4.69) is 10.6 Å². The predicted octanol–water partition coefficient (Wildman–Crippen LogP) is 6.04. The monoisotopic (exact) mass is 640 g/mol. The summed E-state index contributed by atoms with van der Waals surface area (Å²) in [5.74, 6) is -0.645. The molecule has 7 nitrogen and oxygen atoms in total. The molecule has 4 atom stereocenters. The van der Waals surface area contributed by atoms with Crippen molar-refractivity contribution >= 4 is 21.7 Å². The first kappa shape index (κ1) is 36.8. The summed E-state index contributed by atoms with van der Waals surface area (Å²) < 4.78 is 25.1. The molecular formula is C37H56N2O5S. The smallest absolute Gasteiger partial charge is 0.242 e. The normalized spacial score (nSPS) is 17.0. The SMILES string of the molecule is CCC[C@H](NC(=O)C(Cc1ccccc1)Cc1ccccc1)C(=O)N[C@@H](CC1CCCCC1)[C@@H](O)C[C@@H](C)CS(=O)(=O)C(C)C. The van der Waals surface area contributed by atoms with Crippen LogP contribution in [0.4, 0.5) is 0 Å². The van der Waals surface area contributed by atoms with Crippen molar-refractivity contribution in [2.75, 3.05) is 5.75 Å². The molecule has 0 radical (unpaired) electrons. The molecule has 1 aliphatic rings. The van der Waals surface area contributed by atoms with Crippen LogP contribution in [0.1, 0.15) is 96.6 Å². The molecule has 0 unspecified atom stereocenters. The largest absolute Gasteiger partial charge is 0.391 e. The maximum absolute atomic E-state index is 13.8. The molecule has 2 aromatic carbocycles. The van der Waals surface area contributed by atoms with Crippen molar-refractivity contribution in [1.29, 1.82) is 0 Å². The van der Waals surface area contributed by atoms with Crippen molar-refractivity contribution in [2.24, 2.45) is 17.8 Å². The average molecular weight is 641 g/mol. The molecule has 250 valence electrons. The highest BCUT2D eigenvalue weighted by Gasteiger charge is 2.32. The number of amides is 2. The molecule has 1 saturated carbocycles. The van der Waals surface area contributed by atoms with Crippen LogP contribution in [0.25, 0.3) is 0 Å². The molecule has 3 rings (SSSR count). The number of hydrogen-bond donors (Lipinski definition) is 3. The van der Waals surface area contributed by atoms with E-state index in [1.807, 2.05) is 74.5 Å². The van der Waals surface area contributed by atoms with Crippen molar-refractivity contribution in [2.45, 2.75) is 122 Å². The number of sulfone groups is 1. The molecule has 2 amide bonds. The number of rotatable bonds is 18. The lowest BCUT2D eigenvalue weighted by Gasteiger charge is -2.32. The van der Waals surface area contributed by atoms with E-state index in [-0.39, 0.29) is 35.8 Å². The zero-order chi connectivity index (χ0) is 32.8. The van der Waals surface area contributed by atoms with Gasteiger partial charge in [0.2, 0.25) is 11.8 Å². The van der Waals surface area contributed by atoms with Gasteiger partial charge < -0.3 is 15.7 Å². The van der Waals surface area contributed by atoms with Crippen LogP contribution in [0, 0.1) is 17.8 Å². The van der Waals surface area contributed by atoms with E-state index in [9.17, 15) is 23.1 Å². The number of carbonyl (C=O) groups excluding carboxylic acids is 2. The van der Waals surface area contributed by atoms with Gasteiger partial charge in [-0.3, -0.25) is 9.59 Å². The van der Waals surface area contributed by atoms with Gasteiger partial charge in [-0.2, -0.15) is 0 Å². The van der Waals surface area contributed by atoms with Gasteiger partial charge in [0, 0.05) is 5.92 Å². The van der Waals surface area contributed by atoms with Gasteiger partial charge in [0.15, 0.2) is 9.84 Å². The Kier molecular flexibility index (Phi) is 15.1. The lowest BCUT2D eigenvalue weighted by Crippen LogP contribution is -2.54. The molecule has 0 spiro atoms. The first-order valence-corrected chi connectivity index (χ1v) is 18.8. The van der Waals surface area contributed by atoms with E-state index >= 15 is 0 Å². The van der Waals surface area contributed by atoms with Crippen molar-refractivity contribution < 1.29 is 23.1 Å². The molecule has 2 aromatic rings. The average Bonchev–Trinajstić information content (AvgIpc) is 3.01. The lowest BCUT2D eigenvalue weighted by molar-refractivity contribution is -0.132. The number of nitrogens with one attached hydrogen (secondary N) is 2. The molecular weight excluding hydrogens is 584 g/mol. The Balaban J connectivity index is 1.75. The van der Waals surface area contributed by atoms with Gasteiger partial charge in [0.05, 0.1) is 23.1 Å². The zero-order valence-electron chi connectivity index (χ0n) is 27.8. The summed E-state index contributed by atoms with van der Waals surface area (Å²) >= 11 is 0. The van der Waals surface area contributed by atoms with Crippen molar-refractivity contribution in [1.82, 2.24) is 10.6 Å². The number of hydrogen-bond acceptors (Lipinski definition) is 5. The van der Waals surface area contributed by atoms with Crippen LogP contribution in [-0.4, -0.2) is 54.5 Å². The fourth-order valence-corrected chi connectivity index (χ4v) is 7.83. The van der Waals surface area contributed by atoms with Gasteiger partial charge in [0.25, 0.3) is 0 Å². The third-order valence-corrected chi connectivity index (χ3v) is 11.7. The highest BCUT2D eigenvalue weighted by molar-refractivity contribution is 7.91. The van der Waals surface area contributed by atoms with Crippen molar-refractivity contribution in [3.63, 3.8) is 0 Å². The van der Waals surface area contributed by atoms with Crippen molar-refractivity contribution in [3.05, 3.63) is 71.8 Å². The third kappa shape index (κ3) is 12.5. The number of benzene rings is 2. The van der Waals surface area contributed by atoms with E-state index < -0.39 is 33.3 Å². The Labute approximate surface area is 271 Å². The van der Waals surface area contributed by atoms with Gasteiger partial charge >= 0.3 is 0 Å². The Morgan fingerprint density at radius 3 is 1.91 bits per heavy atom. The van der Waals surface area contributed by atoms with Gasteiger partial charge in [-0.15, -0.1) is 0 Å². The molecule has 0 aliphatic heterocycles.